The number of aryl methyl sites for hydroxylation is 1. The lowest BCUT2D eigenvalue weighted by Gasteiger charge is -2.13. The molecule has 1 N–H and O–H groups in total. The second-order valence-electron chi connectivity index (χ2n) is 3.38. The number of aromatic nitrogens is 1. The zero-order chi connectivity index (χ0) is 9.97. The third-order valence-corrected chi connectivity index (χ3v) is 2.38. The molecule has 2 heterocycles. The van der Waals surface area contributed by atoms with Gasteiger partial charge in [-0.05, 0) is 24.6 Å². The van der Waals surface area contributed by atoms with Crippen molar-refractivity contribution in [3.8, 4) is 0 Å². The number of aliphatic hydroxyl groups excluding tert-OH is 1. The van der Waals surface area contributed by atoms with Crippen LogP contribution in [0.15, 0.2) is 30.3 Å². The molecule has 3 heteroatoms. The number of aliphatic hydroxyl groups is 1. The molecule has 1 aromatic heterocycles. The van der Waals surface area contributed by atoms with Gasteiger partial charge in [0.25, 0.3) is 0 Å². The Labute approximate surface area is 83.1 Å². The van der Waals surface area contributed by atoms with Crippen molar-refractivity contribution >= 4 is 0 Å². The van der Waals surface area contributed by atoms with Crippen LogP contribution in [0.25, 0.3) is 0 Å². The van der Waals surface area contributed by atoms with Crippen molar-refractivity contribution in [3.63, 3.8) is 0 Å². The maximum Gasteiger partial charge on any atom is 0.137 e. The number of rotatable bonds is 2. The molecule has 1 aliphatic heterocycles. The van der Waals surface area contributed by atoms with Crippen molar-refractivity contribution in [3.05, 3.63) is 41.4 Å². The van der Waals surface area contributed by atoms with Crippen molar-refractivity contribution in [1.29, 1.82) is 0 Å². The van der Waals surface area contributed by atoms with Gasteiger partial charge in [-0.2, -0.15) is 0 Å². The maximum absolute atomic E-state index is 9.97. The first-order valence-electron chi connectivity index (χ1n) is 4.70. The summed E-state index contributed by atoms with van der Waals surface area (Å²) in [5.74, 6) is 0.654. The normalized spacial score (nSPS) is 17.4. The van der Waals surface area contributed by atoms with Crippen LogP contribution in [0.4, 0.5) is 0 Å². The van der Waals surface area contributed by atoms with E-state index in [1.807, 2.05) is 19.1 Å². The van der Waals surface area contributed by atoms with Gasteiger partial charge in [0.15, 0.2) is 0 Å². The first kappa shape index (κ1) is 9.21. The highest BCUT2D eigenvalue weighted by molar-refractivity contribution is 5.29. The van der Waals surface area contributed by atoms with Crippen molar-refractivity contribution in [2.45, 2.75) is 19.4 Å². The molecule has 0 spiro atoms. The predicted molar refractivity (Wildman–Crippen MR) is 52.6 cm³/mol. The van der Waals surface area contributed by atoms with E-state index in [1.54, 1.807) is 12.4 Å². The van der Waals surface area contributed by atoms with Crippen LogP contribution < -0.4 is 0 Å². The minimum absolute atomic E-state index is 0.654. The highest BCUT2D eigenvalue weighted by Crippen LogP contribution is 2.27. The number of hydrogen-bond donors (Lipinski definition) is 1. The Kier molecular flexibility index (Phi) is 2.50. The molecule has 0 saturated heterocycles. The van der Waals surface area contributed by atoms with Crippen LogP contribution in [0.3, 0.4) is 0 Å². The third kappa shape index (κ3) is 1.63. The summed E-state index contributed by atoms with van der Waals surface area (Å²) in [5, 5.41) is 9.97. The van der Waals surface area contributed by atoms with Gasteiger partial charge in [-0.15, -0.1) is 0 Å². The van der Waals surface area contributed by atoms with E-state index in [0.29, 0.717) is 12.4 Å². The van der Waals surface area contributed by atoms with Gasteiger partial charge in [0.1, 0.15) is 11.9 Å². The third-order valence-electron chi connectivity index (χ3n) is 2.38. The molecule has 0 aromatic carbocycles. The summed E-state index contributed by atoms with van der Waals surface area (Å²) in [4.78, 5) is 4.00. The average molecular weight is 191 g/mol. The summed E-state index contributed by atoms with van der Waals surface area (Å²) in [6, 6.07) is 1.88. The lowest BCUT2D eigenvalue weighted by Crippen LogP contribution is -2.04. The Hall–Kier alpha value is -1.35. The molecule has 1 unspecified atom stereocenters. The van der Waals surface area contributed by atoms with E-state index in [9.17, 15) is 5.11 Å². The second kappa shape index (κ2) is 3.80. The van der Waals surface area contributed by atoms with E-state index >= 15 is 0 Å². The van der Waals surface area contributed by atoms with Gasteiger partial charge < -0.3 is 9.84 Å². The summed E-state index contributed by atoms with van der Waals surface area (Å²) in [7, 11) is 0. The molecule has 0 fully saturated rings. The van der Waals surface area contributed by atoms with Crippen molar-refractivity contribution in [2.24, 2.45) is 0 Å². The molecule has 0 radical (unpaired) electrons. The standard InChI is InChI=1S/C11H13NO2/c1-8-4-5-12-7-9(8)11(13)10-3-2-6-14-10/h3-5,7,11,13H,2,6H2,1H3. The van der Waals surface area contributed by atoms with Crippen LogP contribution >= 0.6 is 0 Å². The zero-order valence-electron chi connectivity index (χ0n) is 8.10. The van der Waals surface area contributed by atoms with E-state index in [4.69, 9.17) is 4.74 Å². The number of ether oxygens (including phenoxy) is 1. The SMILES string of the molecule is Cc1ccncc1C(O)C1=CCCO1. The van der Waals surface area contributed by atoms with E-state index in [2.05, 4.69) is 4.98 Å². The van der Waals surface area contributed by atoms with Crippen LogP contribution in [0.2, 0.25) is 0 Å². The van der Waals surface area contributed by atoms with E-state index in [1.165, 1.54) is 0 Å². The van der Waals surface area contributed by atoms with Gasteiger partial charge in [0.2, 0.25) is 0 Å². The Morgan fingerprint density at radius 3 is 3.07 bits per heavy atom. The van der Waals surface area contributed by atoms with Gasteiger partial charge in [-0.1, -0.05) is 0 Å². The second-order valence-corrected chi connectivity index (χ2v) is 3.38. The quantitative estimate of drug-likeness (QED) is 0.774. The Morgan fingerprint density at radius 2 is 2.43 bits per heavy atom. The molecule has 0 amide bonds. The fourth-order valence-corrected chi connectivity index (χ4v) is 1.54. The van der Waals surface area contributed by atoms with Gasteiger partial charge >= 0.3 is 0 Å². The minimum atomic E-state index is -0.661. The molecule has 3 nitrogen and oxygen atoms in total. The van der Waals surface area contributed by atoms with E-state index < -0.39 is 6.10 Å². The molecule has 1 aromatic rings. The summed E-state index contributed by atoms with van der Waals surface area (Å²) in [6.07, 6.45) is 5.55. The fraction of sp³-hybridized carbons (Fsp3) is 0.364. The van der Waals surface area contributed by atoms with Crippen LogP contribution in [0, 0.1) is 6.92 Å². The highest BCUT2D eigenvalue weighted by atomic mass is 16.5. The largest absolute Gasteiger partial charge is 0.495 e. The maximum atomic E-state index is 9.97. The summed E-state index contributed by atoms with van der Waals surface area (Å²) in [6.45, 7) is 2.63. The number of pyridine rings is 1. The van der Waals surface area contributed by atoms with E-state index in [0.717, 1.165) is 17.5 Å². The van der Waals surface area contributed by atoms with Crippen molar-refractivity contribution in [2.75, 3.05) is 6.61 Å². The Bertz CT molecular complexity index is 360. The summed E-state index contributed by atoms with van der Waals surface area (Å²) < 4.78 is 5.31. The van der Waals surface area contributed by atoms with Gasteiger partial charge in [0, 0.05) is 24.4 Å². The molecule has 1 atom stereocenters. The summed E-state index contributed by atoms with van der Waals surface area (Å²) >= 11 is 0. The van der Waals surface area contributed by atoms with Crippen LogP contribution in [0.5, 0.6) is 0 Å². The smallest absolute Gasteiger partial charge is 0.137 e. The monoisotopic (exact) mass is 191 g/mol. The Morgan fingerprint density at radius 1 is 1.57 bits per heavy atom. The molecule has 0 saturated carbocycles. The minimum Gasteiger partial charge on any atom is -0.495 e. The number of nitrogens with zero attached hydrogens (tertiary/aromatic N) is 1. The molecular weight excluding hydrogens is 178 g/mol. The molecule has 2 rings (SSSR count). The lowest BCUT2D eigenvalue weighted by atomic mass is 10.1. The van der Waals surface area contributed by atoms with Crippen LogP contribution in [0.1, 0.15) is 23.7 Å². The fourth-order valence-electron chi connectivity index (χ4n) is 1.54. The summed E-state index contributed by atoms with van der Waals surface area (Å²) in [5.41, 5.74) is 1.85. The van der Waals surface area contributed by atoms with E-state index in [-0.39, 0.29) is 0 Å². The van der Waals surface area contributed by atoms with Gasteiger partial charge in [0.05, 0.1) is 6.61 Å². The lowest BCUT2D eigenvalue weighted by molar-refractivity contribution is 0.118. The van der Waals surface area contributed by atoms with Crippen molar-refractivity contribution in [1.82, 2.24) is 4.98 Å². The molecule has 0 aliphatic carbocycles. The number of hydrogen-bond acceptors (Lipinski definition) is 3. The highest BCUT2D eigenvalue weighted by Gasteiger charge is 2.19. The molecule has 0 bridgehead atoms. The first-order valence-corrected chi connectivity index (χ1v) is 4.70. The van der Waals surface area contributed by atoms with Gasteiger partial charge in [-0.25, -0.2) is 0 Å². The molecule has 14 heavy (non-hydrogen) atoms. The molecular formula is C11H13NO2. The molecule has 1 aliphatic rings. The van der Waals surface area contributed by atoms with Crippen molar-refractivity contribution < 1.29 is 9.84 Å². The average Bonchev–Trinajstić information content (AvgIpc) is 2.70. The van der Waals surface area contributed by atoms with Crippen LogP contribution in [-0.2, 0) is 4.74 Å². The van der Waals surface area contributed by atoms with Crippen LogP contribution in [-0.4, -0.2) is 16.7 Å². The first-order chi connectivity index (χ1) is 6.79. The topological polar surface area (TPSA) is 42.4 Å². The van der Waals surface area contributed by atoms with Gasteiger partial charge in [-0.3, -0.25) is 4.98 Å². The Balaban J connectivity index is 2.26. The predicted octanol–water partition coefficient (Wildman–Crippen LogP) is 1.73. The zero-order valence-corrected chi connectivity index (χ0v) is 8.10. The molecule has 74 valence electrons.